The fourth-order valence-electron chi connectivity index (χ4n) is 4.53. The number of likely N-dealkylation sites (N-methyl/N-ethyl adjacent to an activating group) is 1. The van der Waals surface area contributed by atoms with E-state index in [0.29, 0.717) is 22.1 Å². The van der Waals surface area contributed by atoms with E-state index in [1.165, 1.54) is 70.7 Å². The third-order valence-electron chi connectivity index (χ3n) is 6.85. The Hall–Kier alpha value is -3.87. The first-order chi connectivity index (χ1) is 20.9. The van der Waals surface area contributed by atoms with E-state index in [1.807, 2.05) is 0 Å². The van der Waals surface area contributed by atoms with Gasteiger partial charge in [-0.3, -0.25) is 13.9 Å². The molecule has 0 spiro atoms. The van der Waals surface area contributed by atoms with Crippen LogP contribution in [0.3, 0.4) is 0 Å². The highest BCUT2D eigenvalue weighted by molar-refractivity contribution is 7.92. The molecule has 0 aliphatic heterocycles. The second-order valence-electron chi connectivity index (χ2n) is 9.37. The van der Waals surface area contributed by atoms with Gasteiger partial charge < -0.3 is 29.2 Å². The van der Waals surface area contributed by atoms with Gasteiger partial charge in [-0.25, -0.2) is 8.42 Å². The lowest BCUT2D eigenvalue weighted by atomic mass is 10.1. The van der Waals surface area contributed by atoms with Gasteiger partial charge in [0.05, 0.1) is 49.1 Å². The molecule has 14 heteroatoms. The van der Waals surface area contributed by atoms with Gasteiger partial charge in [-0.15, -0.1) is 0 Å². The van der Waals surface area contributed by atoms with Crippen molar-refractivity contribution < 1.29 is 37.0 Å². The fourth-order valence-corrected chi connectivity index (χ4v) is 6.28. The Balaban J connectivity index is 2.20. The van der Waals surface area contributed by atoms with Crippen molar-refractivity contribution in [3.05, 3.63) is 70.2 Å². The molecule has 238 valence electrons. The third-order valence-corrected chi connectivity index (χ3v) is 9.34. The lowest BCUT2D eigenvalue weighted by Crippen LogP contribution is -2.51. The van der Waals surface area contributed by atoms with E-state index in [9.17, 15) is 18.0 Å². The smallest absolute Gasteiger partial charge is 0.265 e. The zero-order chi connectivity index (χ0) is 32.6. The van der Waals surface area contributed by atoms with Crippen molar-refractivity contribution in [1.29, 1.82) is 0 Å². The molecule has 2 amide bonds. The molecule has 0 aliphatic carbocycles. The second-order valence-corrected chi connectivity index (χ2v) is 12.1. The van der Waals surface area contributed by atoms with Gasteiger partial charge in [-0.2, -0.15) is 0 Å². The molecule has 11 nitrogen and oxygen atoms in total. The number of carbonyl (C=O) groups is 2. The SMILES string of the molecule is CCC(C(=O)NC)N(Cc1ccc(Cl)c(Cl)c1)C(=O)CN(c1cc(OC)ccc1OC)S(=O)(=O)c1ccc(OC)c(OC)c1. The third kappa shape index (κ3) is 7.61. The zero-order valence-corrected chi connectivity index (χ0v) is 27.5. The van der Waals surface area contributed by atoms with E-state index in [2.05, 4.69) is 5.32 Å². The van der Waals surface area contributed by atoms with Crippen molar-refractivity contribution in [2.45, 2.75) is 30.8 Å². The van der Waals surface area contributed by atoms with E-state index >= 15 is 0 Å². The number of sulfonamides is 1. The average molecular weight is 669 g/mol. The number of nitrogens with zero attached hydrogens (tertiary/aromatic N) is 2. The van der Waals surface area contributed by atoms with Crippen LogP contribution >= 0.6 is 23.2 Å². The first-order valence-electron chi connectivity index (χ1n) is 13.4. The number of hydrogen-bond donors (Lipinski definition) is 1. The number of rotatable bonds is 14. The van der Waals surface area contributed by atoms with Gasteiger partial charge in [0, 0.05) is 25.7 Å². The summed E-state index contributed by atoms with van der Waals surface area (Å²) in [6, 6.07) is 12.6. The molecule has 0 bridgehead atoms. The monoisotopic (exact) mass is 667 g/mol. The molecule has 0 fully saturated rings. The standard InChI is InChI=1S/C30H35Cl2N3O8S/c1-7-24(30(37)33-2)34(17-19-8-11-22(31)23(32)14-19)29(36)18-35(25-15-20(40-3)9-12-26(25)41-4)44(38,39)21-10-13-27(42-5)28(16-21)43-6/h8-16,24H,7,17-18H2,1-6H3,(H,33,37). The largest absolute Gasteiger partial charge is 0.497 e. The van der Waals surface area contributed by atoms with Crippen molar-refractivity contribution in [1.82, 2.24) is 10.2 Å². The number of halogens is 2. The highest BCUT2D eigenvalue weighted by Gasteiger charge is 2.35. The summed E-state index contributed by atoms with van der Waals surface area (Å²) in [5, 5.41) is 3.17. The van der Waals surface area contributed by atoms with Gasteiger partial charge >= 0.3 is 0 Å². The average Bonchev–Trinajstić information content (AvgIpc) is 3.03. The van der Waals surface area contributed by atoms with Gasteiger partial charge in [-0.1, -0.05) is 36.2 Å². The predicted octanol–water partition coefficient (Wildman–Crippen LogP) is 4.78. The first kappa shape index (κ1) is 34.6. The highest BCUT2D eigenvalue weighted by Crippen LogP contribution is 2.38. The molecule has 44 heavy (non-hydrogen) atoms. The molecule has 1 atom stereocenters. The van der Waals surface area contributed by atoms with E-state index in [0.717, 1.165) is 4.31 Å². The van der Waals surface area contributed by atoms with Gasteiger partial charge in [0.1, 0.15) is 24.1 Å². The van der Waals surface area contributed by atoms with Crippen molar-refractivity contribution in [2.24, 2.45) is 0 Å². The van der Waals surface area contributed by atoms with Crippen molar-refractivity contribution in [2.75, 3.05) is 46.3 Å². The molecule has 1 unspecified atom stereocenters. The fraction of sp³-hybridized carbons (Fsp3) is 0.333. The molecule has 0 heterocycles. The quantitative estimate of drug-likeness (QED) is 0.261. The highest BCUT2D eigenvalue weighted by atomic mass is 35.5. The second kappa shape index (κ2) is 15.2. The topological polar surface area (TPSA) is 124 Å². The van der Waals surface area contributed by atoms with Crippen LogP contribution in [0.25, 0.3) is 0 Å². The number of nitrogens with one attached hydrogen (secondary N) is 1. The predicted molar refractivity (Wildman–Crippen MR) is 169 cm³/mol. The van der Waals surface area contributed by atoms with Crippen molar-refractivity contribution >= 4 is 50.7 Å². The summed E-state index contributed by atoms with van der Waals surface area (Å²) in [5.41, 5.74) is 0.626. The number of carbonyl (C=O) groups excluding carboxylic acids is 2. The Morgan fingerprint density at radius 2 is 1.50 bits per heavy atom. The van der Waals surface area contributed by atoms with Crippen LogP contribution in [0.1, 0.15) is 18.9 Å². The maximum Gasteiger partial charge on any atom is 0.265 e. The molecule has 3 aromatic rings. The minimum Gasteiger partial charge on any atom is -0.497 e. The number of ether oxygens (including phenoxy) is 4. The summed E-state index contributed by atoms with van der Waals surface area (Å²) < 4.78 is 51.1. The summed E-state index contributed by atoms with van der Waals surface area (Å²) in [7, 11) is 2.61. The molecule has 0 saturated carbocycles. The summed E-state index contributed by atoms with van der Waals surface area (Å²) in [6.07, 6.45) is 0.248. The van der Waals surface area contributed by atoms with E-state index < -0.39 is 34.4 Å². The number of anilines is 1. The Morgan fingerprint density at radius 3 is 2.07 bits per heavy atom. The summed E-state index contributed by atoms with van der Waals surface area (Å²) in [4.78, 5) is 28.3. The van der Waals surface area contributed by atoms with Crippen LogP contribution in [0.4, 0.5) is 5.69 Å². The molecule has 1 N–H and O–H groups in total. The van der Waals surface area contributed by atoms with E-state index in [1.54, 1.807) is 31.2 Å². The summed E-state index contributed by atoms with van der Waals surface area (Å²) in [5.74, 6) is -0.113. The Morgan fingerprint density at radius 1 is 0.841 bits per heavy atom. The van der Waals surface area contributed by atoms with E-state index in [4.69, 9.17) is 42.1 Å². The van der Waals surface area contributed by atoms with Crippen LogP contribution in [-0.4, -0.2) is 73.2 Å². The Kier molecular flexibility index (Phi) is 12.0. The number of benzene rings is 3. The molecule has 3 rings (SSSR count). The number of amides is 2. The minimum absolute atomic E-state index is 0.0393. The van der Waals surface area contributed by atoms with Gasteiger partial charge in [0.25, 0.3) is 10.0 Å². The summed E-state index contributed by atoms with van der Waals surface area (Å²) >= 11 is 12.3. The maximum absolute atomic E-state index is 14.3. The molecular formula is C30H35Cl2N3O8S. The lowest BCUT2D eigenvalue weighted by Gasteiger charge is -2.33. The normalized spacial score (nSPS) is 11.7. The molecule has 3 aromatic carbocycles. The minimum atomic E-state index is -4.47. The van der Waals surface area contributed by atoms with Crippen molar-refractivity contribution in [3.8, 4) is 23.0 Å². The molecule has 0 saturated heterocycles. The Labute approximate surface area is 267 Å². The zero-order valence-electron chi connectivity index (χ0n) is 25.2. The van der Waals surface area contributed by atoms with Gasteiger partial charge in [0.15, 0.2) is 11.5 Å². The van der Waals surface area contributed by atoms with Crippen LogP contribution in [0.2, 0.25) is 10.0 Å². The lowest BCUT2D eigenvalue weighted by molar-refractivity contribution is -0.140. The van der Waals surface area contributed by atoms with E-state index in [-0.39, 0.29) is 40.1 Å². The molecule has 0 aromatic heterocycles. The van der Waals surface area contributed by atoms with Crippen LogP contribution in [0, 0.1) is 0 Å². The number of methoxy groups -OCH3 is 4. The maximum atomic E-state index is 14.3. The van der Waals surface area contributed by atoms with Gasteiger partial charge in [-0.05, 0) is 48.4 Å². The Bertz CT molecular complexity index is 1600. The molecule has 0 aliphatic rings. The molecule has 0 radical (unpaired) electrons. The van der Waals surface area contributed by atoms with Crippen LogP contribution in [0.5, 0.6) is 23.0 Å². The van der Waals surface area contributed by atoms with Gasteiger partial charge in [0.2, 0.25) is 11.8 Å². The van der Waals surface area contributed by atoms with Crippen LogP contribution < -0.4 is 28.6 Å². The van der Waals surface area contributed by atoms with Crippen LogP contribution in [0.15, 0.2) is 59.5 Å². The molecular weight excluding hydrogens is 633 g/mol. The first-order valence-corrected chi connectivity index (χ1v) is 15.6. The van der Waals surface area contributed by atoms with Crippen LogP contribution in [-0.2, 0) is 26.2 Å². The summed E-state index contributed by atoms with van der Waals surface area (Å²) in [6.45, 7) is 0.994. The van der Waals surface area contributed by atoms with Crippen molar-refractivity contribution in [3.63, 3.8) is 0 Å². The number of hydrogen-bond acceptors (Lipinski definition) is 8.